The molecular weight excluding hydrogens is 152 g/mol. The van der Waals surface area contributed by atoms with E-state index in [0.29, 0.717) is 5.92 Å². The Hall–Kier alpha value is -0.120. The SMILES string of the molecule is NN1CC[C@H](O)[C@@H](CC2CC2)C1. The maximum absolute atomic E-state index is 9.68. The van der Waals surface area contributed by atoms with E-state index in [2.05, 4.69) is 0 Å². The number of hydrogen-bond donors (Lipinski definition) is 2. The molecule has 0 bridgehead atoms. The van der Waals surface area contributed by atoms with E-state index in [-0.39, 0.29) is 6.10 Å². The van der Waals surface area contributed by atoms with Gasteiger partial charge in [-0.15, -0.1) is 0 Å². The smallest absolute Gasteiger partial charge is 0.0594 e. The minimum Gasteiger partial charge on any atom is -0.393 e. The Morgan fingerprint density at radius 3 is 2.75 bits per heavy atom. The Morgan fingerprint density at radius 1 is 1.33 bits per heavy atom. The van der Waals surface area contributed by atoms with Gasteiger partial charge in [0.2, 0.25) is 0 Å². The van der Waals surface area contributed by atoms with Crippen molar-refractivity contribution < 1.29 is 5.11 Å². The predicted octanol–water partition coefficient (Wildman–Crippen LogP) is 0.343. The van der Waals surface area contributed by atoms with Gasteiger partial charge in [0.15, 0.2) is 0 Å². The first-order valence-corrected chi connectivity index (χ1v) is 4.93. The minimum absolute atomic E-state index is 0.0922. The summed E-state index contributed by atoms with van der Waals surface area (Å²) in [5.74, 6) is 7.05. The predicted molar refractivity (Wildman–Crippen MR) is 47.2 cm³/mol. The monoisotopic (exact) mass is 170 g/mol. The molecule has 1 saturated heterocycles. The summed E-state index contributed by atoms with van der Waals surface area (Å²) < 4.78 is 0. The topological polar surface area (TPSA) is 49.5 Å². The van der Waals surface area contributed by atoms with E-state index in [1.54, 1.807) is 0 Å². The van der Waals surface area contributed by atoms with E-state index < -0.39 is 0 Å². The van der Waals surface area contributed by atoms with Crippen molar-refractivity contribution in [3.63, 3.8) is 0 Å². The summed E-state index contributed by atoms with van der Waals surface area (Å²) in [6, 6.07) is 0. The molecule has 0 amide bonds. The molecule has 0 aromatic carbocycles. The fourth-order valence-electron chi connectivity index (χ4n) is 2.06. The van der Waals surface area contributed by atoms with Crippen LogP contribution >= 0.6 is 0 Å². The summed E-state index contributed by atoms with van der Waals surface area (Å²) >= 11 is 0. The lowest BCUT2D eigenvalue weighted by atomic mass is 9.91. The Labute approximate surface area is 73.5 Å². The highest BCUT2D eigenvalue weighted by molar-refractivity contribution is 4.84. The van der Waals surface area contributed by atoms with Gasteiger partial charge in [-0.1, -0.05) is 12.8 Å². The number of rotatable bonds is 2. The van der Waals surface area contributed by atoms with Crippen molar-refractivity contribution in [1.82, 2.24) is 5.01 Å². The quantitative estimate of drug-likeness (QED) is 0.588. The average molecular weight is 170 g/mol. The zero-order valence-corrected chi connectivity index (χ0v) is 7.45. The molecule has 2 fully saturated rings. The summed E-state index contributed by atoms with van der Waals surface area (Å²) in [7, 11) is 0. The van der Waals surface area contributed by atoms with Crippen molar-refractivity contribution in [3.8, 4) is 0 Å². The van der Waals surface area contributed by atoms with Crippen LogP contribution in [0.5, 0.6) is 0 Å². The Morgan fingerprint density at radius 2 is 2.08 bits per heavy atom. The second-order valence-electron chi connectivity index (χ2n) is 4.29. The molecule has 0 aromatic rings. The molecular formula is C9H18N2O. The van der Waals surface area contributed by atoms with Crippen LogP contribution < -0.4 is 5.84 Å². The van der Waals surface area contributed by atoms with Gasteiger partial charge in [-0.3, -0.25) is 5.84 Å². The highest BCUT2D eigenvalue weighted by Crippen LogP contribution is 2.37. The van der Waals surface area contributed by atoms with E-state index in [9.17, 15) is 5.11 Å². The summed E-state index contributed by atoms with van der Waals surface area (Å²) in [4.78, 5) is 0. The number of nitrogens with zero attached hydrogens (tertiary/aromatic N) is 1. The van der Waals surface area contributed by atoms with Crippen LogP contribution in [-0.2, 0) is 0 Å². The van der Waals surface area contributed by atoms with Gasteiger partial charge < -0.3 is 5.11 Å². The lowest BCUT2D eigenvalue weighted by Crippen LogP contribution is -2.46. The Bertz CT molecular complexity index is 157. The van der Waals surface area contributed by atoms with Gasteiger partial charge in [0.05, 0.1) is 6.10 Å². The van der Waals surface area contributed by atoms with Gasteiger partial charge in [0.1, 0.15) is 0 Å². The van der Waals surface area contributed by atoms with Gasteiger partial charge in [-0.2, -0.15) is 0 Å². The molecule has 0 aromatic heterocycles. The molecule has 70 valence electrons. The van der Waals surface area contributed by atoms with Gasteiger partial charge in [0.25, 0.3) is 0 Å². The molecule has 0 radical (unpaired) electrons. The van der Waals surface area contributed by atoms with E-state index in [0.717, 1.165) is 25.4 Å². The number of aliphatic hydroxyl groups excluding tert-OH is 1. The lowest BCUT2D eigenvalue weighted by molar-refractivity contribution is 0.0203. The molecule has 2 atom stereocenters. The molecule has 2 rings (SSSR count). The maximum atomic E-state index is 9.68. The first-order valence-electron chi connectivity index (χ1n) is 4.93. The van der Waals surface area contributed by atoms with Crippen molar-refractivity contribution in [2.75, 3.05) is 13.1 Å². The van der Waals surface area contributed by atoms with Gasteiger partial charge >= 0.3 is 0 Å². The van der Waals surface area contributed by atoms with E-state index >= 15 is 0 Å². The van der Waals surface area contributed by atoms with Crippen molar-refractivity contribution in [2.24, 2.45) is 17.7 Å². The van der Waals surface area contributed by atoms with Crippen LogP contribution in [0.25, 0.3) is 0 Å². The van der Waals surface area contributed by atoms with Gasteiger partial charge in [-0.05, 0) is 24.7 Å². The Balaban J connectivity index is 1.82. The van der Waals surface area contributed by atoms with Gasteiger partial charge in [0, 0.05) is 13.1 Å². The molecule has 3 heteroatoms. The molecule has 1 heterocycles. The second kappa shape index (κ2) is 3.32. The molecule has 12 heavy (non-hydrogen) atoms. The highest BCUT2D eigenvalue weighted by Gasteiger charge is 2.32. The minimum atomic E-state index is -0.0922. The number of nitrogens with two attached hydrogens (primary N) is 1. The van der Waals surface area contributed by atoms with Crippen molar-refractivity contribution in [2.45, 2.75) is 31.8 Å². The zero-order chi connectivity index (χ0) is 8.55. The molecule has 1 saturated carbocycles. The molecule has 3 N–H and O–H groups in total. The third-order valence-corrected chi connectivity index (χ3v) is 3.06. The van der Waals surface area contributed by atoms with Crippen molar-refractivity contribution in [3.05, 3.63) is 0 Å². The highest BCUT2D eigenvalue weighted by atomic mass is 16.3. The average Bonchev–Trinajstić information content (AvgIpc) is 2.81. The van der Waals surface area contributed by atoms with E-state index in [4.69, 9.17) is 5.84 Å². The summed E-state index contributed by atoms with van der Waals surface area (Å²) in [5, 5.41) is 11.5. The maximum Gasteiger partial charge on any atom is 0.0594 e. The lowest BCUT2D eigenvalue weighted by Gasteiger charge is -2.33. The van der Waals surface area contributed by atoms with E-state index in [1.165, 1.54) is 19.3 Å². The fourth-order valence-corrected chi connectivity index (χ4v) is 2.06. The van der Waals surface area contributed by atoms with Crippen LogP contribution in [0.3, 0.4) is 0 Å². The normalized spacial score (nSPS) is 38.5. The van der Waals surface area contributed by atoms with Crippen LogP contribution in [0.4, 0.5) is 0 Å². The molecule has 0 spiro atoms. The number of piperidine rings is 1. The third kappa shape index (κ3) is 1.97. The summed E-state index contributed by atoms with van der Waals surface area (Å²) in [6.45, 7) is 1.74. The summed E-state index contributed by atoms with van der Waals surface area (Å²) in [6.07, 6.45) is 4.69. The zero-order valence-electron chi connectivity index (χ0n) is 7.45. The second-order valence-corrected chi connectivity index (χ2v) is 4.29. The standard InChI is InChI=1S/C9H18N2O/c10-11-4-3-9(12)8(6-11)5-7-1-2-7/h7-9,12H,1-6,10H2/t8-,9-/m0/s1. The number of hydrazine groups is 1. The van der Waals surface area contributed by atoms with Crippen LogP contribution in [0.15, 0.2) is 0 Å². The molecule has 0 unspecified atom stereocenters. The number of hydrogen-bond acceptors (Lipinski definition) is 3. The largest absolute Gasteiger partial charge is 0.393 e. The van der Waals surface area contributed by atoms with Crippen LogP contribution in [0.2, 0.25) is 0 Å². The Kier molecular flexibility index (Phi) is 2.35. The van der Waals surface area contributed by atoms with Crippen molar-refractivity contribution >= 4 is 0 Å². The first kappa shape index (κ1) is 8.48. The van der Waals surface area contributed by atoms with Crippen LogP contribution in [-0.4, -0.2) is 29.3 Å². The first-order chi connectivity index (χ1) is 5.75. The van der Waals surface area contributed by atoms with Crippen molar-refractivity contribution in [1.29, 1.82) is 0 Å². The molecule has 3 nitrogen and oxygen atoms in total. The fraction of sp³-hybridized carbons (Fsp3) is 1.00. The summed E-state index contributed by atoms with van der Waals surface area (Å²) in [5.41, 5.74) is 0. The van der Waals surface area contributed by atoms with Gasteiger partial charge in [-0.25, -0.2) is 5.01 Å². The number of aliphatic hydroxyl groups is 1. The third-order valence-electron chi connectivity index (χ3n) is 3.06. The molecule has 1 aliphatic carbocycles. The van der Waals surface area contributed by atoms with E-state index in [1.807, 2.05) is 5.01 Å². The van der Waals surface area contributed by atoms with Crippen LogP contribution in [0.1, 0.15) is 25.7 Å². The molecule has 1 aliphatic heterocycles. The van der Waals surface area contributed by atoms with Crippen LogP contribution in [0, 0.1) is 11.8 Å². The molecule has 2 aliphatic rings.